The predicted octanol–water partition coefficient (Wildman–Crippen LogP) is 2.02. The number of thiazole rings is 1. The number of hydrogen-bond acceptors (Lipinski definition) is 5. The highest BCUT2D eigenvalue weighted by molar-refractivity contribution is 7.16. The first-order chi connectivity index (χ1) is 14.9. The summed E-state index contributed by atoms with van der Waals surface area (Å²) in [6, 6.07) is 11.7. The number of amides is 4. The standard InChI is InChI=1S/C22H16N4O4S/c1-3-10-25-17-9-8-14(23-13(2)27)11-18(17)31-22(25)24-19(28)12-26-20(29)15-6-4-5-7-16(15)21(26)30/h1,4-9,11H,10,12H2,2H3,(H,23,27). The third kappa shape index (κ3) is 3.76. The van der Waals surface area contributed by atoms with Crippen molar-refractivity contribution in [3.05, 3.63) is 58.4 Å². The maximum Gasteiger partial charge on any atom is 0.268 e. The molecule has 31 heavy (non-hydrogen) atoms. The Morgan fingerprint density at radius 2 is 1.81 bits per heavy atom. The summed E-state index contributed by atoms with van der Waals surface area (Å²) in [5.41, 5.74) is 1.91. The average Bonchev–Trinajstić information content (AvgIpc) is 3.18. The molecule has 154 valence electrons. The van der Waals surface area contributed by atoms with E-state index in [4.69, 9.17) is 6.42 Å². The van der Waals surface area contributed by atoms with Crippen LogP contribution in [0, 0.1) is 12.3 Å². The van der Waals surface area contributed by atoms with Gasteiger partial charge in [-0.25, -0.2) is 0 Å². The van der Waals surface area contributed by atoms with Gasteiger partial charge in [0.15, 0.2) is 4.80 Å². The van der Waals surface area contributed by atoms with Gasteiger partial charge >= 0.3 is 0 Å². The van der Waals surface area contributed by atoms with Crippen molar-refractivity contribution < 1.29 is 19.2 Å². The van der Waals surface area contributed by atoms with Crippen molar-refractivity contribution in [2.24, 2.45) is 4.99 Å². The monoisotopic (exact) mass is 432 g/mol. The summed E-state index contributed by atoms with van der Waals surface area (Å²) in [5.74, 6) is 0.653. The zero-order valence-corrected chi connectivity index (χ0v) is 17.2. The fourth-order valence-electron chi connectivity index (χ4n) is 3.34. The molecule has 0 saturated heterocycles. The first-order valence-electron chi connectivity index (χ1n) is 9.26. The van der Waals surface area contributed by atoms with Crippen LogP contribution in [-0.2, 0) is 16.1 Å². The highest BCUT2D eigenvalue weighted by atomic mass is 32.1. The van der Waals surface area contributed by atoms with Crippen LogP contribution in [-0.4, -0.2) is 39.6 Å². The minimum Gasteiger partial charge on any atom is -0.326 e. The van der Waals surface area contributed by atoms with E-state index in [2.05, 4.69) is 16.2 Å². The Labute approximate surface area is 180 Å². The van der Waals surface area contributed by atoms with Crippen LogP contribution in [0.25, 0.3) is 10.2 Å². The highest BCUT2D eigenvalue weighted by Crippen LogP contribution is 2.23. The molecule has 0 fully saturated rings. The molecule has 1 aliphatic rings. The minimum atomic E-state index is -0.645. The lowest BCUT2D eigenvalue weighted by atomic mass is 10.1. The zero-order chi connectivity index (χ0) is 22.1. The Morgan fingerprint density at radius 3 is 2.42 bits per heavy atom. The van der Waals surface area contributed by atoms with Crippen molar-refractivity contribution in [2.75, 3.05) is 11.9 Å². The Bertz CT molecular complexity index is 1340. The van der Waals surface area contributed by atoms with Gasteiger partial charge in [-0.1, -0.05) is 29.4 Å². The molecule has 4 amide bonds. The molecule has 0 saturated carbocycles. The number of aromatic nitrogens is 1. The number of carbonyl (C=O) groups is 4. The topological polar surface area (TPSA) is 101 Å². The largest absolute Gasteiger partial charge is 0.326 e. The summed E-state index contributed by atoms with van der Waals surface area (Å²) in [4.78, 5) is 54.2. The lowest BCUT2D eigenvalue weighted by Crippen LogP contribution is -2.35. The van der Waals surface area contributed by atoms with Gasteiger partial charge in [0.05, 0.1) is 27.9 Å². The molecule has 0 spiro atoms. The summed E-state index contributed by atoms with van der Waals surface area (Å²) in [6.45, 7) is 1.13. The SMILES string of the molecule is C#CCn1c(=NC(=O)CN2C(=O)c3ccccc3C2=O)sc2cc(NC(C)=O)ccc21. The maximum absolute atomic E-state index is 12.6. The first-order valence-corrected chi connectivity index (χ1v) is 10.1. The van der Waals surface area contributed by atoms with Crippen molar-refractivity contribution in [1.29, 1.82) is 0 Å². The summed E-state index contributed by atoms with van der Waals surface area (Å²) in [7, 11) is 0. The van der Waals surface area contributed by atoms with E-state index in [9.17, 15) is 19.2 Å². The van der Waals surface area contributed by atoms with Crippen LogP contribution in [0.4, 0.5) is 5.69 Å². The minimum absolute atomic E-state index is 0.179. The normalized spacial score (nSPS) is 13.4. The van der Waals surface area contributed by atoms with Crippen LogP contribution >= 0.6 is 11.3 Å². The van der Waals surface area contributed by atoms with Crippen LogP contribution in [0.15, 0.2) is 47.5 Å². The van der Waals surface area contributed by atoms with Gasteiger partial charge in [0.25, 0.3) is 17.7 Å². The summed E-state index contributed by atoms with van der Waals surface area (Å²) < 4.78 is 2.46. The Balaban J connectivity index is 1.67. The van der Waals surface area contributed by atoms with Gasteiger partial charge in [0.2, 0.25) is 5.91 Å². The van der Waals surface area contributed by atoms with E-state index in [0.717, 1.165) is 15.1 Å². The fourth-order valence-corrected chi connectivity index (χ4v) is 4.43. The van der Waals surface area contributed by atoms with Gasteiger partial charge < -0.3 is 9.88 Å². The number of nitrogens with zero attached hydrogens (tertiary/aromatic N) is 3. The number of benzene rings is 2. The number of hydrogen-bond donors (Lipinski definition) is 1. The number of imide groups is 1. The van der Waals surface area contributed by atoms with Crippen LogP contribution < -0.4 is 10.1 Å². The van der Waals surface area contributed by atoms with E-state index in [1.165, 1.54) is 18.3 Å². The van der Waals surface area contributed by atoms with Crippen molar-refractivity contribution >= 4 is 50.9 Å². The van der Waals surface area contributed by atoms with Gasteiger partial charge in [-0.3, -0.25) is 24.1 Å². The van der Waals surface area contributed by atoms with Crippen LogP contribution in [0.1, 0.15) is 27.6 Å². The third-order valence-electron chi connectivity index (χ3n) is 4.64. The van der Waals surface area contributed by atoms with E-state index < -0.39 is 24.3 Å². The van der Waals surface area contributed by atoms with E-state index in [0.29, 0.717) is 10.5 Å². The molecule has 8 nitrogen and oxygen atoms in total. The number of rotatable bonds is 4. The Hall–Kier alpha value is -4.03. The molecule has 1 aromatic heterocycles. The molecule has 0 aliphatic carbocycles. The molecule has 9 heteroatoms. The second-order valence-electron chi connectivity index (χ2n) is 6.79. The lowest BCUT2D eigenvalue weighted by molar-refractivity contribution is -0.118. The number of fused-ring (bicyclic) bond motifs is 2. The van der Waals surface area contributed by atoms with Crippen molar-refractivity contribution in [2.45, 2.75) is 13.5 Å². The van der Waals surface area contributed by atoms with Crippen LogP contribution in [0.3, 0.4) is 0 Å². The Morgan fingerprint density at radius 1 is 1.13 bits per heavy atom. The van der Waals surface area contributed by atoms with Crippen LogP contribution in [0.5, 0.6) is 0 Å². The molecular formula is C22H16N4O4S. The number of anilines is 1. The van der Waals surface area contributed by atoms with E-state index >= 15 is 0 Å². The quantitative estimate of drug-likeness (QED) is 0.503. The number of carbonyl (C=O) groups excluding carboxylic acids is 4. The van der Waals surface area contributed by atoms with Gasteiger partial charge in [0.1, 0.15) is 6.54 Å². The Kier molecular flexibility index (Phi) is 5.23. The second-order valence-corrected chi connectivity index (χ2v) is 7.80. The summed E-state index contributed by atoms with van der Waals surface area (Å²) in [6.07, 6.45) is 5.48. The molecule has 2 heterocycles. The molecule has 0 bridgehead atoms. The van der Waals surface area contributed by atoms with Crippen molar-refractivity contribution in [1.82, 2.24) is 9.47 Å². The molecule has 1 N–H and O–H groups in total. The predicted molar refractivity (Wildman–Crippen MR) is 115 cm³/mol. The second kappa shape index (κ2) is 8.01. The van der Waals surface area contributed by atoms with Gasteiger partial charge in [-0.2, -0.15) is 4.99 Å². The van der Waals surface area contributed by atoms with E-state index in [1.54, 1.807) is 47.0 Å². The smallest absolute Gasteiger partial charge is 0.268 e. The molecular weight excluding hydrogens is 416 g/mol. The molecule has 3 aromatic rings. The molecule has 0 unspecified atom stereocenters. The summed E-state index contributed by atoms with van der Waals surface area (Å²) >= 11 is 1.22. The molecule has 1 aliphatic heterocycles. The zero-order valence-electron chi connectivity index (χ0n) is 16.4. The first kappa shape index (κ1) is 20.3. The van der Waals surface area contributed by atoms with Gasteiger partial charge in [-0.15, -0.1) is 6.42 Å². The average molecular weight is 432 g/mol. The number of terminal acetylenes is 1. The molecule has 2 aromatic carbocycles. The molecule has 0 atom stereocenters. The molecule has 4 rings (SSSR count). The maximum atomic E-state index is 12.6. The van der Waals surface area contributed by atoms with Crippen molar-refractivity contribution in [3.63, 3.8) is 0 Å². The lowest BCUT2D eigenvalue weighted by Gasteiger charge is -2.10. The highest BCUT2D eigenvalue weighted by Gasteiger charge is 2.36. The van der Waals surface area contributed by atoms with E-state index in [-0.39, 0.29) is 23.6 Å². The van der Waals surface area contributed by atoms with E-state index in [1.807, 2.05) is 0 Å². The van der Waals surface area contributed by atoms with Crippen LogP contribution in [0.2, 0.25) is 0 Å². The number of nitrogens with one attached hydrogen (secondary N) is 1. The van der Waals surface area contributed by atoms with Gasteiger partial charge in [0, 0.05) is 12.6 Å². The van der Waals surface area contributed by atoms with Gasteiger partial charge in [-0.05, 0) is 30.3 Å². The third-order valence-corrected chi connectivity index (χ3v) is 5.69. The molecule has 0 radical (unpaired) electrons. The van der Waals surface area contributed by atoms with Crippen molar-refractivity contribution in [3.8, 4) is 12.3 Å². The fraction of sp³-hybridized carbons (Fsp3) is 0.136. The summed E-state index contributed by atoms with van der Waals surface area (Å²) in [5, 5.41) is 2.70.